The number of rotatable bonds is 25. The second-order valence-electron chi connectivity index (χ2n) is 16.2. The van der Waals surface area contributed by atoms with Gasteiger partial charge in [0, 0.05) is 18.6 Å². The predicted molar refractivity (Wildman–Crippen MR) is 272 cm³/mol. The van der Waals surface area contributed by atoms with E-state index < -0.39 is 54.1 Å². The van der Waals surface area contributed by atoms with Crippen molar-refractivity contribution < 1.29 is 47.7 Å². The Morgan fingerprint density at radius 2 is 1.03 bits per heavy atom. The van der Waals surface area contributed by atoms with E-state index in [9.17, 15) is 24.0 Å². The summed E-state index contributed by atoms with van der Waals surface area (Å²) in [5.74, 6) is 1.19. The van der Waals surface area contributed by atoms with Gasteiger partial charge >= 0.3 is 18.0 Å². The Balaban J connectivity index is 1.17. The second-order valence-corrected chi connectivity index (χ2v) is 17.4. The molecule has 6 aromatic carbocycles. The van der Waals surface area contributed by atoms with Gasteiger partial charge in [-0.05, 0) is 70.5 Å². The van der Waals surface area contributed by atoms with Gasteiger partial charge in [0.1, 0.15) is 42.8 Å². The molecule has 0 bridgehead atoms. The predicted octanol–water partition coefficient (Wildman–Crippen LogP) is 9.06. The van der Waals surface area contributed by atoms with Crippen LogP contribution in [0.2, 0.25) is 0 Å². The number of nitrogens with one attached hydrogen (secondary N) is 3. The Labute approximate surface area is 419 Å². The maximum atomic E-state index is 14.4. The quantitative estimate of drug-likeness (QED) is 0.0285. The first kappa shape index (κ1) is 52.4. The van der Waals surface area contributed by atoms with Gasteiger partial charge in [0.15, 0.2) is 6.10 Å². The minimum absolute atomic E-state index is 0.0116. The van der Waals surface area contributed by atoms with Crippen molar-refractivity contribution in [2.45, 2.75) is 68.4 Å². The third-order valence-electron chi connectivity index (χ3n) is 11.2. The zero-order valence-electron chi connectivity index (χ0n) is 39.6. The monoisotopic (exact) mass is 975 g/mol. The van der Waals surface area contributed by atoms with Gasteiger partial charge in [0.25, 0.3) is 0 Å². The number of ether oxygens (including phenoxy) is 5. The summed E-state index contributed by atoms with van der Waals surface area (Å²) in [7, 11) is 3.09. The summed E-state index contributed by atoms with van der Waals surface area (Å²) in [6, 6.07) is 48.3. The van der Waals surface area contributed by atoms with Crippen LogP contribution < -0.4 is 25.4 Å². The number of carbonyl (C=O) groups is 5. The number of hydrogen-bond donors (Lipinski definition) is 3. The van der Waals surface area contributed by atoms with Gasteiger partial charge in [-0.15, -0.1) is 24.1 Å². The third-order valence-corrected chi connectivity index (χ3v) is 12.6. The highest BCUT2D eigenvalue weighted by Crippen LogP contribution is 2.36. The van der Waals surface area contributed by atoms with Crippen molar-refractivity contribution in [3.63, 3.8) is 0 Å². The number of esters is 2. The molecule has 0 aliphatic rings. The van der Waals surface area contributed by atoms with Crippen LogP contribution >= 0.6 is 11.8 Å². The Hall–Kier alpha value is -8.02. The average Bonchev–Trinajstić information content (AvgIpc) is 3.41. The molecule has 0 spiro atoms. The van der Waals surface area contributed by atoms with Crippen molar-refractivity contribution in [1.29, 1.82) is 0 Å². The van der Waals surface area contributed by atoms with E-state index >= 15 is 0 Å². The van der Waals surface area contributed by atoms with E-state index in [0.717, 1.165) is 22.3 Å². The first-order valence-corrected chi connectivity index (χ1v) is 24.1. The van der Waals surface area contributed by atoms with Crippen LogP contribution in [0.15, 0.2) is 170 Å². The van der Waals surface area contributed by atoms with Crippen LogP contribution in [-0.4, -0.2) is 67.9 Å². The van der Waals surface area contributed by atoms with E-state index in [1.165, 1.54) is 11.8 Å². The van der Waals surface area contributed by atoms with Gasteiger partial charge in [0.05, 0.1) is 19.5 Å². The summed E-state index contributed by atoms with van der Waals surface area (Å²) in [4.78, 5) is 69.0. The molecule has 3 atom stereocenters. The minimum atomic E-state index is -1.26. The van der Waals surface area contributed by atoms with Gasteiger partial charge in [-0.1, -0.05) is 146 Å². The molecule has 14 heteroatoms. The normalized spacial score (nSPS) is 12.0. The second kappa shape index (κ2) is 27.8. The van der Waals surface area contributed by atoms with Crippen LogP contribution in [0.5, 0.6) is 11.5 Å². The Bertz CT molecular complexity index is 2570. The summed E-state index contributed by atoms with van der Waals surface area (Å²) in [5.41, 5.74) is 4.79. The van der Waals surface area contributed by atoms with Gasteiger partial charge < -0.3 is 39.6 Å². The maximum absolute atomic E-state index is 14.4. The molecule has 0 unspecified atom stereocenters. The number of hydrogen-bond acceptors (Lipinski definition) is 11. The summed E-state index contributed by atoms with van der Waals surface area (Å²) < 4.78 is 27.6. The van der Waals surface area contributed by atoms with Crippen LogP contribution in [0.3, 0.4) is 0 Å². The Kier molecular flexibility index (Phi) is 20.5. The first-order chi connectivity index (χ1) is 34.6. The lowest BCUT2D eigenvalue weighted by molar-refractivity contribution is -0.151. The number of terminal acetylenes is 1. The van der Waals surface area contributed by atoms with Crippen molar-refractivity contribution in [3.8, 4) is 23.8 Å². The smallest absolute Gasteiger partial charge is 0.408 e. The fourth-order valence-electron chi connectivity index (χ4n) is 7.40. The molecular weight excluding hydrogens is 919 g/mol. The number of methoxy groups -OCH3 is 2. The van der Waals surface area contributed by atoms with Gasteiger partial charge in [-0.25, -0.2) is 14.4 Å². The summed E-state index contributed by atoms with van der Waals surface area (Å²) in [5, 5.41) is 8.04. The fourth-order valence-corrected chi connectivity index (χ4v) is 8.71. The molecular formula is C57H57N3O10S. The molecule has 0 fully saturated rings. The molecule has 6 rings (SSSR count). The molecule has 13 nitrogen and oxygen atoms in total. The van der Waals surface area contributed by atoms with Gasteiger partial charge in [0.2, 0.25) is 11.8 Å². The molecule has 0 aliphatic heterocycles. The summed E-state index contributed by atoms with van der Waals surface area (Å²) in [6.45, 7) is -0.166. The SMILES string of the molecule is C#CC[C@@H](NC(=O)[C@H](CSC(c1ccccc1)c1ccccc1)NC(=O)CCC[C@H](NC(=O)OCc1ccc(OC)cc1)C(=O)OCc1ccc(OC)cc1)C(=O)OC(c1ccccc1)c1ccccc1. The molecule has 0 aliphatic carbocycles. The molecule has 3 amide bonds. The maximum Gasteiger partial charge on any atom is 0.408 e. The minimum Gasteiger partial charge on any atom is -0.497 e. The van der Waals surface area contributed by atoms with Crippen molar-refractivity contribution in [3.05, 3.63) is 203 Å². The molecule has 0 saturated heterocycles. The zero-order valence-corrected chi connectivity index (χ0v) is 40.4. The van der Waals surface area contributed by atoms with E-state index in [1.54, 1.807) is 62.8 Å². The standard InChI is InChI=1S/C57H57N3O10S/c1-4-18-48(56(64)70-52(42-19-9-5-10-20-42)43-21-11-6-12-22-43)59-54(62)50(39-71-53(44-23-13-7-14-24-44)45-25-15-8-16-26-45)58-51(61)28-17-27-49(55(63)68-37-40-29-33-46(66-2)34-30-40)60-57(65)69-38-41-31-35-47(67-3)36-32-41/h1,5-16,19-26,29-36,48-50,52-53H,17-18,27-28,37-39H2,2-3H3,(H,58,61)(H,59,62)(H,60,65)/t48-,49+,50+/m1/s1. The van der Waals surface area contributed by atoms with Crippen molar-refractivity contribution in [1.82, 2.24) is 16.0 Å². The van der Waals surface area contributed by atoms with Gasteiger partial charge in [-0.2, -0.15) is 0 Å². The number of alkyl carbamates (subject to hydrolysis) is 1. The van der Waals surface area contributed by atoms with E-state index in [4.69, 9.17) is 30.1 Å². The molecule has 71 heavy (non-hydrogen) atoms. The van der Waals surface area contributed by atoms with Crippen LogP contribution in [0, 0.1) is 12.3 Å². The number of benzene rings is 6. The van der Waals surface area contributed by atoms with Crippen LogP contribution in [-0.2, 0) is 46.6 Å². The van der Waals surface area contributed by atoms with Crippen LogP contribution in [0.4, 0.5) is 4.79 Å². The lowest BCUT2D eigenvalue weighted by Crippen LogP contribution is -2.53. The molecule has 3 N–H and O–H groups in total. The topological polar surface area (TPSA) is 168 Å². The largest absolute Gasteiger partial charge is 0.497 e. The lowest BCUT2D eigenvalue weighted by Gasteiger charge is -2.26. The number of carbonyl (C=O) groups excluding carboxylic acids is 5. The molecule has 0 saturated carbocycles. The van der Waals surface area contributed by atoms with Crippen molar-refractivity contribution in [2.75, 3.05) is 20.0 Å². The molecule has 0 radical (unpaired) electrons. The van der Waals surface area contributed by atoms with E-state index in [2.05, 4.69) is 21.9 Å². The average molecular weight is 976 g/mol. The van der Waals surface area contributed by atoms with Gasteiger partial charge in [-0.3, -0.25) is 9.59 Å². The van der Waals surface area contributed by atoms with E-state index in [0.29, 0.717) is 22.6 Å². The molecule has 366 valence electrons. The zero-order chi connectivity index (χ0) is 50.2. The third kappa shape index (κ3) is 16.6. The highest BCUT2D eigenvalue weighted by atomic mass is 32.2. The number of amides is 3. The molecule has 0 heterocycles. The summed E-state index contributed by atoms with van der Waals surface area (Å²) >= 11 is 1.44. The Morgan fingerprint density at radius 3 is 1.51 bits per heavy atom. The lowest BCUT2D eigenvalue weighted by atomic mass is 10.0. The molecule has 6 aromatic rings. The van der Waals surface area contributed by atoms with Crippen molar-refractivity contribution >= 4 is 41.6 Å². The van der Waals surface area contributed by atoms with E-state index in [-0.39, 0.29) is 49.9 Å². The highest BCUT2D eigenvalue weighted by molar-refractivity contribution is 7.99. The number of thioether (sulfide) groups is 1. The molecule has 0 aromatic heterocycles. The highest BCUT2D eigenvalue weighted by Gasteiger charge is 2.31. The van der Waals surface area contributed by atoms with E-state index in [1.807, 2.05) is 121 Å². The van der Waals surface area contributed by atoms with Crippen LogP contribution in [0.25, 0.3) is 0 Å². The summed E-state index contributed by atoms with van der Waals surface area (Å²) in [6.07, 6.45) is 3.86. The fraction of sp³-hybridized carbons (Fsp3) is 0.246. The first-order valence-electron chi connectivity index (χ1n) is 23.0. The van der Waals surface area contributed by atoms with Crippen molar-refractivity contribution in [2.24, 2.45) is 0 Å². The Morgan fingerprint density at radius 1 is 0.549 bits per heavy atom. The van der Waals surface area contributed by atoms with Crippen LogP contribution in [0.1, 0.15) is 70.4 Å².